The van der Waals surface area contributed by atoms with E-state index in [0.29, 0.717) is 11.1 Å². The van der Waals surface area contributed by atoms with Crippen LogP contribution in [-0.4, -0.2) is 51.0 Å². The van der Waals surface area contributed by atoms with Gasteiger partial charge >= 0.3 is 6.03 Å². The predicted molar refractivity (Wildman–Crippen MR) is 119 cm³/mol. The first kappa shape index (κ1) is 21.8. The monoisotopic (exact) mass is 442 g/mol. The van der Waals surface area contributed by atoms with E-state index in [0.717, 1.165) is 16.2 Å². The highest BCUT2D eigenvalue weighted by Gasteiger charge is 2.49. The average Bonchev–Trinajstić information content (AvgIpc) is 3.38. The fourth-order valence-electron chi connectivity index (χ4n) is 3.70. The summed E-state index contributed by atoms with van der Waals surface area (Å²) in [5.74, 6) is -0.897. The second-order valence-corrected chi connectivity index (χ2v) is 8.01. The Hall–Kier alpha value is -4.45. The zero-order valence-corrected chi connectivity index (χ0v) is 18.2. The van der Waals surface area contributed by atoms with Crippen LogP contribution in [0.3, 0.4) is 0 Å². The van der Waals surface area contributed by atoms with Crippen molar-refractivity contribution in [3.63, 3.8) is 0 Å². The smallest absolute Gasteiger partial charge is 0.325 e. The van der Waals surface area contributed by atoms with Crippen LogP contribution in [0.5, 0.6) is 0 Å². The van der Waals surface area contributed by atoms with Crippen molar-refractivity contribution in [3.05, 3.63) is 83.7 Å². The number of urea groups is 1. The lowest BCUT2D eigenvalue weighted by molar-refractivity contribution is -0.138. The van der Waals surface area contributed by atoms with Gasteiger partial charge in [0.05, 0.1) is 23.5 Å². The van der Waals surface area contributed by atoms with Crippen molar-refractivity contribution in [1.82, 2.24) is 24.9 Å². The topological polar surface area (TPSA) is 111 Å². The molecule has 4 rings (SSSR count). The summed E-state index contributed by atoms with van der Waals surface area (Å²) < 4.78 is 1.72. The lowest BCUT2D eigenvalue weighted by Crippen LogP contribution is -2.43. The van der Waals surface area contributed by atoms with Crippen LogP contribution >= 0.6 is 0 Å². The van der Waals surface area contributed by atoms with E-state index in [1.165, 1.54) is 4.90 Å². The highest BCUT2D eigenvalue weighted by Crippen LogP contribution is 2.29. The largest absolute Gasteiger partial charge is 0.340 e. The zero-order valence-electron chi connectivity index (χ0n) is 18.2. The molecule has 0 aliphatic carbocycles. The average molecular weight is 442 g/mol. The van der Waals surface area contributed by atoms with Crippen LogP contribution in [0.4, 0.5) is 4.79 Å². The zero-order chi connectivity index (χ0) is 23.6. The second kappa shape index (κ2) is 8.59. The van der Waals surface area contributed by atoms with E-state index in [1.54, 1.807) is 49.1 Å². The SMILES string of the molecule is CN(Cc1cnn(-c2ccccc2)c1)C(=O)CN1C(=O)NC(C)(c2ccc(C#N)cc2)C1=O. The number of nitrogens with zero attached hydrogens (tertiary/aromatic N) is 5. The van der Waals surface area contributed by atoms with Crippen molar-refractivity contribution in [2.45, 2.75) is 19.0 Å². The first-order chi connectivity index (χ1) is 15.8. The van der Waals surface area contributed by atoms with Gasteiger partial charge in [-0.3, -0.25) is 14.5 Å². The quantitative estimate of drug-likeness (QED) is 0.588. The van der Waals surface area contributed by atoms with E-state index in [9.17, 15) is 14.4 Å². The van der Waals surface area contributed by atoms with Gasteiger partial charge in [-0.05, 0) is 36.8 Å². The predicted octanol–water partition coefficient (Wildman–Crippen LogP) is 2.17. The highest BCUT2D eigenvalue weighted by atomic mass is 16.2. The number of likely N-dealkylation sites (N-methyl/N-ethyl adjacent to an activating group) is 1. The number of nitriles is 1. The van der Waals surface area contributed by atoms with E-state index in [1.807, 2.05) is 42.6 Å². The van der Waals surface area contributed by atoms with Gasteiger partial charge in [0.2, 0.25) is 5.91 Å². The minimum absolute atomic E-state index is 0.280. The van der Waals surface area contributed by atoms with Gasteiger partial charge in [0, 0.05) is 25.4 Å². The number of para-hydroxylation sites is 1. The van der Waals surface area contributed by atoms with Crippen molar-refractivity contribution in [1.29, 1.82) is 5.26 Å². The van der Waals surface area contributed by atoms with Gasteiger partial charge in [0.25, 0.3) is 5.91 Å². The van der Waals surface area contributed by atoms with Crippen LogP contribution in [0.1, 0.15) is 23.6 Å². The van der Waals surface area contributed by atoms with Crippen molar-refractivity contribution in [2.24, 2.45) is 0 Å². The number of hydrogen-bond acceptors (Lipinski definition) is 5. The number of rotatable bonds is 6. The maximum atomic E-state index is 13.1. The number of carbonyl (C=O) groups excluding carboxylic acids is 3. The summed E-state index contributed by atoms with van der Waals surface area (Å²) in [5, 5.41) is 16.0. The van der Waals surface area contributed by atoms with Crippen LogP contribution in [0.15, 0.2) is 67.0 Å². The fraction of sp³-hybridized carbons (Fsp3) is 0.208. The molecule has 2 heterocycles. The normalized spacial score (nSPS) is 17.5. The lowest BCUT2D eigenvalue weighted by Gasteiger charge is -2.23. The van der Waals surface area contributed by atoms with Crippen molar-refractivity contribution < 1.29 is 14.4 Å². The van der Waals surface area contributed by atoms with E-state index >= 15 is 0 Å². The molecule has 4 amide bonds. The molecular formula is C24H22N6O3. The third kappa shape index (κ3) is 4.19. The Bertz CT molecular complexity index is 1250. The van der Waals surface area contributed by atoms with Gasteiger partial charge in [-0.2, -0.15) is 10.4 Å². The Morgan fingerprint density at radius 1 is 1.15 bits per heavy atom. The molecule has 33 heavy (non-hydrogen) atoms. The van der Waals surface area contributed by atoms with Gasteiger partial charge in [-0.15, -0.1) is 0 Å². The summed E-state index contributed by atoms with van der Waals surface area (Å²) in [6, 6.07) is 17.4. The van der Waals surface area contributed by atoms with Crippen molar-refractivity contribution in [2.75, 3.05) is 13.6 Å². The number of hydrogen-bond donors (Lipinski definition) is 1. The molecule has 0 radical (unpaired) electrons. The van der Waals surface area contributed by atoms with E-state index in [2.05, 4.69) is 10.4 Å². The molecule has 166 valence electrons. The van der Waals surface area contributed by atoms with Gasteiger partial charge in [-0.25, -0.2) is 9.48 Å². The molecule has 1 fully saturated rings. The molecule has 1 saturated heterocycles. The number of nitrogens with one attached hydrogen (secondary N) is 1. The number of aromatic nitrogens is 2. The Morgan fingerprint density at radius 3 is 2.52 bits per heavy atom. The number of benzene rings is 2. The number of amides is 4. The molecule has 1 atom stereocenters. The Labute approximate surface area is 190 Å². The van der Waals surface area contributed by atoms with E-state index in [-0.39, 0.29) is 19.0 Å². The van der Waals surface area contributed by atoms with Crippen LogP contribution in [0.25, 0.3) is 5.69 Å². The molecular weight excluding hydrogens is 420 g/mol. The summed E-state index contributed by atoms with van der Waals surface area (Å²) in [4.78, 5) is 40.8. The molecule has 9 nitrogen and oxygen atoms in total. The minimum atomic E-state index is -1.30. The molecule has 0 spiro atoms. The first-order valence-electron chi connectivity index (χ1n) is 10.3. The van der Waals surface area contributed by atoms with Crippen molar-refractivity contribution in [3.8, 4) is 11.8 Å². The standard InChI is InChI=1S/C24H22N6O3/c1-24(19-10-8-17(12-25)9-11-19)22(32)29(23(33)27-24)16-21(31)28(2)14-18-13-26-30(15-18)20-6-4-3-5-7-20/h3-11,13,15H,14,16H2,1-2H3,(H,27,33). The molecule has 1 aliphatic heterocycles. The van der Waals surface area contributed by atoms with Gasteiger partial charge in [0.1, 0.15) is 12.1 Å². The number of carbonyl (C=O) groups is 3. The second-order valence-electron chi connectivity index (χ2n) is 8.01. The summed E-state index contributed by atoms with van der Waals surface area (Å²) in [6.07, 6.45) is 3.50. The minimum Gasteiger partial charge on any atom is -0.340 e. The Balaban J connectivity index is 1.42. The number of imide groups is 1. The summed E-state index contributed by atoms with van der Waals surface area (Å²) in [7, 11) is 1.61. The molecule has 0 bridgehead atoms. The maximum absolute atomic E-state index is 13.1. The van der Waals surface area contributed by atoms with E-state index in [4.69, 9.17) is 5.26 Å². The van der Waals surface area contributed by atoms with Crippen LogP contribution in [0, 0.1) is 11.3 Å². The molecule has 3 aromatic rings. The Morgan fingerprint density at radius 2 is 1.85 bits per heavy atom. The molecule has 2 aromatic carbocycles. The summed E-state index contributed by atoms with van der Waals surface area (Å²) in [5.41, 5.74) is 1.40. The summed E-state index contributed by atoms with van der Waals surface area (Å²) >= 11 is 0. The first-order valence-corrected chi connectivity index (χ1v) is 10.3. The van der Waals surface area contributed by atoms with Crippen LogP contribution in [-0.2, 0) is 21.7 Å². The molecule has 1 aromatic heterocycles. The molecule has 1 aliphatic rings. The van der Waals surface area contributed by atoms with Gasteiger partial charge in [-0.1, -0.05) is 30.3 Å². The summed E-state index contributed by atoms with van der Waals surface area (Å²) in [6.45, 7) is 1.49. The van der Waals surface area contributed by atoms with Crippen LogP contribution in [0.2, 0.25) is 0 Å². The third-order valence-electron chi connectivity index (χ3n) is 5.66. The van der Waals surface area contributed by atoms with Crippen molar-refractivity contribution >= 4 is 17.8 Å². The highest BCUT2D eigenvalue weighted by molar-refractivity contribution is 6.09. The van der Waals surface area contributed by atoms with Gasteiger partial charge in [0.15, 0.2) is 0 Å². The van der Waals surface area contributed by atoms with Crippen LogP contribution < -0.4 is 5.32 Å². The lowest BCUT2D eigenvalue weighted by atomic mass is 9.91. The third-order valence-corrected chi connectivity index (χ3v) is 5.66. The maximum Gasteiger partial charge on any atom is 0.325 e. The molecule has 0 saturated carbocycles. The molecule has 1 unspecified atom stereocenters. The molecule has 9 heteroatoms. The Kier molecular flexibility index (Phi) is 5.67. The molecule has 1 N–H and O–H groups in total. The fourth-order valence-corrected chi connectivity index (χ4v) is 3.70. The van der Waals surface area contributed by atoms with Gasteiger partial charge < -0.3 is 10.2 Å². The van der Waals surface area contributed by atoms with E-state index < -0.39 is 17.5 Å².